The average molecular weight is 378 g/mol. The van der Waals surface area contributed by atoms with E-state index in [1.54, 1.807) is 4.90 Å². The van der Waals surface area contributed by atoms with Gasteiger partial charge in [0, 0.05) is 45.1 Å². The molecule has 1 atom stereocenters. The number of aromatic nitrogens is 2. The number of nitrogens with zero attached hydrogens (tertiary/aromatic N) is 4. The highest BCUT2D eigenvalue weighted by Gasteiger charge is 2.39. The molecular weight excluding hydrogens is 359 g/mol. The molecule has 0 aliphatic carbocycles. The van der Waals surface area contributed by atoms with Crippen LogP contribution in [0.2, 0.25) is 0 Å². The minimum absolute atomic E-state index is 0.00265. The maximum absolute atomic E-state index is 13.2. The molecule has 0 N–H and O–H groups in total. The van der Waals surface area contributed by atoms with Crippen molar-refractivity contribution in [3.63, 3.8) is 0 Å². The van der Waals surface area contributed by atoms with E-state index in [1.165, 1.54) is 11.8 Å². The van der Waals surface area contributed by atoms with E-state index in [2.05, 4.69) is 9.97 Å². The lowest BCUT2D eigenvalue weighted by atomic mass is 10.0. The molecule has 5 nitrogen and oxygen atoms in total. The van der Waals surface area contributed by atoms with Gasteiger partial charge in [-0.3, -0.25) is 4.79 Å². The highest BCUT2D eigenvalue weighted by atomic mass is 19.4. The third-order valence-corrected chi connectivity index (χ3v) is 4.78. The van der Waals surface area contributed by atoms with Gasteiger partial charge in [0.2, 0.25) is 5.91 Å². The molecule has 10 heteroatoms. The SMILES string of the molecule is Cc1nc(N2CCC(C(=O)N3CCC(F)(F)CC3)C2)cc(C(F)(F)F)n1. The summed E-state index contributed by atoms with van der Waals surface area (Å²) in [4.78, 5) is 23.0. The van der Waals surface area contributed by atoms with E-state index in [-0.39, 0.29) is 50.0 Å². The summed E-state index contributed by atoms with van der Waals surface area (Å²) in [6, 6.07) is 0.876. The lowest BCUT2D eigenvalue weighted by Gasteiger charge is -2.33. The second kappa shape index (κ2) is 6.62. The molecule has 3 rings (SSSR count). The van der Waals surface area contributed by atoms with Crippen molar-refractivity contribution in [3.05, 3.63) is 17.6 Å². The molecule has 0 spiro atoms. The number of aryl methyl sites for hydroxylation is 1. The van der Waals surface area contributed by atoms with Crippen LogP contribution in [0.1, 0.15) is 30.8 Å². The molecule has 26 heavy (non-hydrogen) atoms. The van der Waals surface area contributed by atoms with Gasteiger partial charge in [0.05, 0.1) is 5.92 Å². The molecule has 1 aromatic rings. The third kappa shape index (κ3) is 4.04. The number of carbonyl (C=O) groups excluding carboxylic acids is 1. The summed E-state index contributed by atoms with van der Waals surface area (Å²) in [5.74, 6) is -3.24. The molecule has 2 aliphatic rings. The lowest BCUT2D eigenvalue weighted by molar-refractivity contribution is -0.142. The van der Waals surface area contributed by atoms with Gasteiger partial charge in [-0.05, 0) is 13.3 Å². The zero-order valence-corrected chi connectivity index (χ0v) is 14.2. The predicted octanol–water partition coefficient (Wildman–Crippen LogP) is 2.89. The zero-order chi connectivity index (χ0) is 19.1. The summed E-state index contributed by atoms with van der Waals surface area (Å²) in [6.07, 6.45) is -4.82. The van der Waals surface area contributed by atoms with Crippen molar-refractivity contribution in [2.45, 2.75) is 38.3 Å². The first-order chi connectivity index (χ1) is 12.0. The van der Waals surface area contributed by atoms with Crippen LogP contribution in [-0.2, 0) is 11.0 Å². The van der Waals surface area contributed by atoms with Gasteiger partial charge in [-0.25, -0.2) is 18.7 Å². The monoisotopic (exact) mass is 378 g/mol. The average Bonchev–Trinajstić information content (AvgIpc) is 3.03. The van der Waals surface area contributed by atoms with E-state index in [0.29, 0.717) is 13.0 Å². The van der Waals surface area contributed by atoms with Crippen LogP contribution in [0, 0.1) is 12.8 Å². The molecule has 1 aromatic heterocycles. The number of likely N-dealkylation sites (tertiary alicyclic amines) is 1. The molecule has 0 saturated carbocycles. The van der Waals surface area contributed by atoms with Gasteiger partial charge in [-0.2, -0.15) is 13.2 Å². The van der Waals surface area contributed by atoms with Crippen molar-refractivity contribution in [2.75, 3.05) is 31.1 Å². The van der Waals surface area contributed by atoms with Crippen molar-refractivity contribution in [1.82, 2.24) is 14.9 Å². The zero-order valence-electron chi connectivity index (χ0n) is 14.2. The van der Waals surface area contributed by atoms with E-state index < -0.39 is 23.7 Å². The fourth-order valence-electron chi connectivity index (χ4n) is 3.34. The van der Waals surface area contributed by atoms with E-state index in [4.69, 9.17) is 0 Å². The van der Waals surface area contributed by atoms with Crippen LogP contribution in [-0.4, -0.2) is 52.9 Å². The minimum atomic E-state index is -4.57. The highest BCUT2D eigenvalue weighted by molar-refractivity contribution is 5.80. The Morgan fingerprint density at radius 2 is 1.85 bits per heavy atom. The molecule has 0 aromatic carbocycles. The molecule has 0 bridgehead atoms. The molecule has 2 fully saturated rings. The maximum atomic E-state index is 13.2. The normalized spacial score (nSPS) is 23.4. The first-order valence-corrected chi connectivity index (χ1v) is 8.40. The smallest absolute Gasteiger partial charge is 0.356 e. The Kier molecular flexibility index (Phi) is 4.78. The molecule has 1 unspecified atom stereocenters. The Morgan fingerprint density at radius 1 is 1.19 bits per heavy atom. The van der Waals surface area contributed by atoms with Crippen LogP contribution in [0.25, 0.3) is 0 Å². The fourth-order valence-corrected chi connectivity index (χ4v) is 3.34. The Balaban J connectivity index is 1.67. The summed E-state index contributed by atoms with van der Waals surface area (Å²) in [5, 5.41) is 0. The van der Waals surface area contributed by atoms with Crippen LogP contribution in [0.5, 0.6) is 0 Å². The van der Waals surface area contributed by atoms with E-state index >= 15 is 0 Å². The minimum Gasteiger partial charge on any atom is -0.356 e. The van der Waals surface area contributed by atoms with Crippen molar-refractivity contribution in [3.8, 4) is 0 Å². The van der Waals surface area contributed by atoms with Crippen LogP contribution in [0.3, 0.4) is 0 Å². The number of halogens is 5. The second-order valence-electron chi connectivity index (χ2n) is 6.77. The fraction of sp³-hybridized carbons (Fsp3) is 0.688. The Bertz CT molecular complexity index is 684. The van der Waals surface area contributed by atoms with Gasteiger partial charge in [0.15, 0.2) is 0 Å². The summed E-state index contributed by atoms with van der Waals surface area (Å²) >= 11 is 0. The van der Waals surface area contributed by atoms with Gasteiger partial charge in [-0.1, -0.05) is 0 Å². The number of hydrogen-bond donors (Lipinski definition) is 0. The van der Waals surface area contributed by atoms with Crippen molar-refractivity contribution in [1.29, 1.82) is 0 Å². The van der Waals surface area contributed by atoms with E-state index in [0.717, 1.165) is 6.07 Å². The maximum Gasteiger partial charge on any atom is 0.433 e. The van der Waals surface area contributed by atoms with Gasteiger partial charge >= 0.3 is 6.18 Å². The van der Waals surface area contributed by atoms with E-state index in [9.17, 15) is 26.7 Å². The Hall–Kier alpha value is -2.00. The molecule has 3 heterocycles. The third-order valence-electron chi connectivity index (χ3n) is 4.78. The number of carbonyl (C=O) groups is 1. The van der Waals surface area contributed by atoms with Crippen molar-refractivity contribution < 1.29 is 26.7 Å². The summed E-state index contributed by atoms with van der Waals surface area (Å²) < 4.78 is 65.2. The van der Waals surface area contributed by atoms with Gasteiger partial charge < -0.3 is 9.80 Å². The summed E-state index contributed by atoms with van der Waals surface area (Å²) in [7, 11) is 0. The lowest BCUT2D eigenvalue weighted by Crippen LogP contribution is -2.45. The van der Waals surface area contributed by atoms with Gasteiger partial charge in [0.25, 0.3) is 5.92 Å². The number of amides is 1. The highest BCUT2D eigenvalue weighted by Crippen LogP contribution is 2.33. The van der Waals surface area contributed by atoms with E-state index in [1.807, 2.05) is 0 Å². The molecular formula is C16H19F5N4O. The topological polar surface area (TPSA) is 49.3 Å². The standard InChI is InChI=1S/C16H19F5N4O/c1-10-22-12(16(19,20)21)8-13(23-10)25-5-2-11(9-25)14(26)24-6-3-15(17,18)4-7-24/h8,11H,2-7,9H2,1H3. The number of rotatable bonds is 2. The first-order valence-electron chi connectivity index (χ1n) is 8.40. The largest absolute Gasteiger partial charge is 0.433 e. The van der Waals surface area contributed by atoms with Crippen LogP contribution in [0.4, 0.5) is 27.8 Å². The Labute approximate surface area is 147 Å². The van der Waals surface area contributed by atoms with Gasteiger partial charge in [0.1, 0.15) is 17.3 Å². The predicted molar refractivity (Wildman–Crippen MR) is 82.9 cm³/mol. The van der Waals surface area contributed by atoms with Crippen LogP contribution >= 0.6 is 0 Å². The first kappa shape index (κ1) is 18.8. The number of hydrogen-bond acceptors (Lipinski definition) is 4. The Morgan fingerprint density at radius 3 is 2.46 bits per heavy atom. The second-order valence-corrected chi connectivity index (χ2v) is 6.77. The number of piperidine rings is 1. The number of alkyl halides is 5. The van der Waals surface area contributed by atoms with Crippen molar-refractivity contribution in [2.24, 2.45) is 5.92 Å². The van der Waals surface area contributed by atoms with Gasteiger partial charge in [-0.15, -0.1) is 0 Å². The molecule has 1 amide bonds. The van der Waals surface area contributed by atoms with Crippen LogP contribution in [0.15, 0.2) is 6.07 Å². The number of anilines is 1. The van der Waals surface area contributed by atoms with Crippen LogP contribution < -0.4 is 4.90 Å². The summed E-state index contributed by atoms with van der Waals surface area (Å²) in [5.41, 5.74) is -1.02. The molecule has 2 saturated heterocycles. The molecule has 0 radical (unpaired) electrons. The molecule has 2 aliphatic heterocycles. The van der Waals surface area contributed by atoms with Crippen molar-refractivity contribution >= 4 is 11.7 Å². The summed E-state index contributed by atoms with van der Waals surface area (Å²) in [6.45, 7) is 2.00. The molecule has 144 valence electrons. The quantitative estimate of drug-likeness (QED) is 0.743.